The number of urea groups is 1. The first-order valence-corrected chi connectivity index (χ1v) is 18.0. The minimum atomic E-state index is -1.22. The lowest BCUT2D eigenvalue weighted by Crippen LogP contribution is -2.49. The molecule has 252 valence electrons. The Hall–Kier alpha value is -3.91. The maximum Gasteiger partial charge on any atom is 0.329 e. The van der Waals surface area contributed by atoms with E-state index in [0.717, 1.165) is 67.7 Å². The van der Waals surface area contributed by atoms with Crippen LogP contribution in [0, 0.1) is 0 Å². The van der Waals surface area contributed by atoms with Gasteiger partial charge in [0.2, 0.25) is 11.9 Å². The van der Waals surface area contributed by atoms with E-state index in [1.54, 1.807) is 17.3 Å². The molecule has 3 aliphatic heterocycles. The minimum absolute atomic E-state index is 0.210. The van der Waals surface area contributed by atoms with Gasteiger partial charge < -0.3 is 5.32 Å². The summed E-state index contributed by atoms with van der Waals surface area (Å²) in [6.45, 7) is 5.96. The Bertz CT molecular complexity index is 1840. The lowest BCUT2D eigenvalue weighted by atomic mass is 9.88. The Morgan fingerprint density at radius 2 is 1.73 bits per heavy atom. The fourth-order valence-corrected chi connectivity index (χ4v) is 8.44. The summed E-state index contributed by atoms with van der Waals surface area (Å²) in [5, 5.41) is 11.8. The van der Waals surface area contributed by atoms with Gasteiger partial charge in [-0.1, -0.05) is 29.8 Å². The number of halogens is 1. The fraction of sp³-hybridized carbons (Fsp3) is 0.441. The topological polar surface area (TPSA) is 129 Å². The van der Waals surface area contributed by atoms with Crippen LogP contribution in [0.25, 0.3) is 10.9 Å². The van der Waals surface area contributed by atoms with Gasteiger partial charge in [0, 0.05) is 50.6 Å². The van der Waals surface area contributed by atoms with Crippen molar-refractivity contribution in [3.63, 3.8) is 0 Å². The smallest absolute Gasteiger partial charge is 0.329 e. The Labute approximate surface area is 287 Å². The average Bonchev–Trinajstić information content (AvgIpc) is 3.44. The SMILES string of the molecule is CC(c1cccc(S(=O)N2CCC(Nc3ncc(Cl)cn3)CC2)c1)N1CCC(c2ccc3c(N4CCC(=O)NC4=O)nn(C)c3c2)CC1. The standard InChI is InChI=1S/C34H40ClN9O3S/c1-22(24-4-3-5-28(18-24)48(47)43-15-10-27(11-16-43)38-33-36-20-26(35)21-37-33)42-13-8-23(9-14-42)25-6-7-29-30(19-25)41(2)40-32(29)44-17-12-31(45)39-34(44)46/h3-7,18-23,27H,8-17H2,1-2H3,(H,36,37,38)(H,39,45,46). The van der Waals surface area contributed by atoms with Crippen LogP contribution < -0.4 is 15.5 Å². The Morgan fingerprint density at radius 3 is 2.46 bits per heavy atom. The molecule has 3 fully saturated rings. The second-order valence-electron chi connectivity index (χ2n) is 12.9. The van der Waals surface area contributed by atoms with E-state index in [0.29, 0.717) is 29.3 Å². The summed E-state index contributed by atoms with van der Waals surface area (Å²) in [5.74, 6) is 1.32. The first-order valence-electron chi connectivity index (χ1n) is 16.6. The lowest BCUT2D eigenvalue weighted by Gasteiger charge is -2.36. The number of hydrogen-bond donors (Lipinski definition) is 2. The number of anilines is 2. The summed E-state index contributed by atoms with van der Waals surface area (Å²) in [7, 11) is 0.671. The van der Waals surface area contributed by atoms with Gasteiger partial charge in [-0.3, -0.25) is 24.6 Å². The summed E-state index contributed by atoms with van der Waals surface area (Å²) in [6, 6.07) is 14.7. The molecule has 4 aromatic rings. The normalized spacial score (nSPS) is 20.2. The summed E-state index contributed by atoms with van der Waals surface area (Å²) in [4.78, 5) is 37.5. The second-order valence-corrected chi connectivity index (χ2v) is 14.8. The highest BCUT2D eigenvalue weighted by Gasteiger charge is 2.30. The molecule has 14 heteroatoms. The molecule has 3 aliphatic rings. The number of imide groups is 1. The number of carbonyl (C=O) groups excluding carboxylic acids is 2. The van der Waals surface area contributed by atoms with E-state index in [2.05, 4.69) is 72.2 Å². The first-order chi connectivity index (χ1) is 23.2. The molecule has 0 aliphatic carbocycles. The van der Waals surface area contributed by atoms with Crippen molar-refractivity contribution in [3.8, 4) is 0 Å². The van der Waals surface area contributed by atoms with Crippen LogP contribution in [-0.2, 0) is 22.8 Å². The molecule has 48 heavy (non-hydrogen) atoms. The maximum absolute atomic E-state index is 13.6. The highest BCUT2D eigenvalue weighted by Crippen LogP contribution is 2.36. The minimum Gasteiger partial charge on any atom is -0.351 e. The van der Waals surface area contributed by atoms with E-state index in [9.17, 15) is 13.8 Å². The van der Waals surface area contributed by atoms with E-state index in [1.807, 2.05) is 23.9 Å². The third-order valence-corrected chi connectivity index (χ3v) is 11.6. The molecule has 3 saturated heterocycles. The molecule has 2 unspecified atom stereocenters. The number of likely N-dealkylation sites (tertiary alicyclic amines) is 1. The number of nitrogens with zero attached hydrogens (tertiary/aromatic N) is 7. The third kappa shape index (κ3) is 6.82. The maximum atomic E-state index is 13.6. The fourth-order valence-electron chi connectivity index (χ4n) is 7.07. The molecule has 2 N–H and O–H groups in total. The molecular formula is C34H40ClN9O3S. The van der Waals surface area contributed by atoms with Gasteiger partial charge in [-0.25, -0.2) is 23.3 Å². The molecule has 0 radical (unpaired) electrons. The number of rotatable bonds is 8. The quantitative estimate of drug-likeness (QED) is 0.265. The summed E-state index contributed by atoms with van der Waals surface area (Å²) >= 11 is 5.90. The van der Waals surface area contributed by atoms with Crippen LogP contribution in [-0.4, -0.2) is 83.9 Å². The van der Waals surface area contributed by atoms with Crippen LogP contribution in [0.1, 0.15) is 62.1 Å². The van der Waals surface area contributed by atoms with E-state index >= 15 is 0 Å². The van der Waals surface area contributed by atoms with Crippen LogP contribution in [0.4, 0.5) is 16.6 Å². The zero-order valence-corrected chi connectivity index (χ0v) is 28.7. The largest absolute Gasteiger partial charge is 0.351 e. The Balaban J connectivity index is 0.949. The summed E-state index contributed by atoms with van der Waals surface area (Å²) in [6.07, 6.45) is 7.22. The van der Waals surface area contributed by atoms with E-state index < -0.39 is 17.0 Å². The summed E-state index contributed by atoms with van der Waals surface area (Å²) in [5.41, 5.74) is 3.44. The number of aryl methyl sites for hydroxylation is 1. The van der Waals surface area contributed by atoms with Crippen LogP contribution >= 0.6 is 11.6 Å². The van der Waals surface area contributed by atoms with Gasteiger partial charge >= 0.3 is 6.03 Å². The van der Waals surface area contributed by atoms with E-state index in [-0.39, 0.29) is 24.4 Å². The number of aromatic nitrogens is 4. The molecule has 12 nitrogen and oxygen atoms in total. The lowest BCUT2D eigenvalue weighted by molar-refractivity contribution is -0.120. The van der Waals surface area contributed by atoms with E-state index in [4.69, 9.17) is 11.6 Å². The van der Waals surface area contributed by atoms with Gasteiger partial charge in [0.1, 0.15) is 11.0 Å². The molecule has 2 atom stereocenters. The van der Waals surface area contributed by atoms with Gasteiger partial charge in [-0.2, -0.15) is 5.10 Å². The molecule has 5 heterocycles. The van der Waals surface area contributed by atoms with Crippen LogP contribution in [0.15, 0.2) is 59.8 Å². The van der Waals surface area contributed by atoms with Crippen molar-refractivity contribution in [2.45, 2.75) is 61.9 Å². The van der Waals surface area contributed by atoms with Crippen LogP contribution in [0.2, 0.25) is 5.02 Å². The number of piperidine rings is 2. The molecule has 0 spiro atoms. The van der Waals surface area contributed by atoms with Crippen molar-refractivity contribution >= 4 is 57.2 Å². The number of nitrogens with one attached hydrogen (secondary N) is 2. The van der Waals surface area contributed by atoms with Crippen molar-refractivity contribution in [1.29, 1.82) is 0 Å². The average molecular weight is 690 g/mol. The third-order valence-electron chi connectivity index (χ3n) is 9.90. The van der Waals surface area contributed by atoms with Gasteiger partial charge in [-0.05, 0) is 87.0 Å². The highest BCUT2D eigenvalue weighted by atomic mass is 35.5. The molecule has 2 aromatic heterocycles. The van der Waals surface area contributed by atoms with Gasteiger partial charge in [0.15, 0.2) is 5.82 Å². The van der Waals surface area contributed by atoms with Gasteiger partial charge in [-0.15, -0.1) is 0 Å². The van der Waals surface area contributed by atoms with Crippen molar-refractivity contribution in [3.05, 3.63) is 71.0 Å². The highest BCUT2D eigenvalue weighted by molar-refractivity contribution is 7.82. The number of fused-ring (bicyclic) bond motifs is 1. The number of amides is 3. The number of carbonyl (C=O) groups is 2. The van der Waals surface area contributed by atoms with Crippen LogP contribution in [0.5, 0.6) is 0 Å². The Kier molecular flexibility index (Phi) is 9.45. The number of benzene rings is 2. The van der Waals surface area contributed by atoms with Gasteiger partial charge in [0.25, 0.3) is 0 Å². The van der Waals surface area contributed by atoms with Crippen LogP contribution in [0.3, 0.4) is 0 Å². The molecule has 7 rings (SSSR count). The number of hydrogen-bond acceptors (Lipinski definition) is 8. The first kappa shape index (κ1) is 32.6. The molecule has 0 bridgehead atoms. The van der Waals surface area contributed by atoms with Crippen molar-refractivity contribution in [2.75, 3.05) is 42.9 Å². The van der Waals surface area contributed by atoms with Crippen molar-refractivity contribution in [1.82, 2.24) is 34.3 Å². The van der Waals surface area contributed by atoms with Crippen molar-refractivity contribution in [2.24, 2.45) is 7.05 Å². The van der Waals surface area contributed by atoms with Gasteiger partial charge in [0.05, 0.1) is 27.8 Å². The summed E-state index contributed by atoms with van der Waals surface area (Å²) < 4.78 is 17.5. The van der Waals surface area contributed by atoms with Crippen molar-refractivity contribution < 1.29 is 13.8 Å². The Morgan fingerprint density at radius 1 is 0.979 bits per heavy atom. The van der Waals surface area contributed by atoms with E-state index in [1.165, 1.54) is 11.1 Å². The molecule has 3 amide bonds. The predicted octanol–water partition coefficient (Wildman–Crippen LogP) is 5.00. The molecular weight excluding hydrogens is 650 g/mol. The zero-order chi connectivity index (χ0) is 33.4. The second kappa shape index (κ2) is 13.9. The molecule has 2 aromatic carbocycles. The monoisotopic (exact) mass is 689 g/mol. The predicted molar refractivity (Wildman–Crippen MR) is 186 cm³/mol. The molecule has 0 saturated carbocycles. The zero-order valence-electron chi connectivity index (χ0n) is 27.1.